The average Bonchev–Trinajstić information content (AvgIpc) is 2.63. The van der Waals surface area contributed by atoms with Crippen molar-refractivity contribution in [1.29, 1.82) is 5.26 Å². The summed E-state index contributed by atoms with van der Waals surface area (Å²) in [6.07, 6.45) is 3.10. The van der Waals surface area contributed by atoms with Crippen molar-refractivity contribution < 1.29 is 19.1 Å². The molecule has 1 atom stereocenters. The Labute approximate surface area is 158 Å². The lowest BCUT2D eigenvalue weighted by Crippen LogP contribution is -2.52. The van der Waals surface area contributed by atoms with Crippen molar-refractivity contribution in [2.24, 2.45) is 0 Å². The lowest BCUT2D eigenvalue weighted by Gasteiger charge is -2.32. The van der Waals surface area contributed by atoms with Crippen LogP contribution in [0.2, 0.25) is 5.02 Å². The Kier molecular flexibility index (Phi) is 6.87. The van der Waals surface area contributed by atoms with Crippen molar-refractivity contribution in [3.8, 4) is 11.8 Å². The minimum absolute atomic E-state index is 0.317. The Morgan fingerprint density at radius 2 is 2.04 bits per heavy atom. The number of carbonyl (C=O) groups excluding carboxylic acids is 2. The van der Waals surface area contributed by atoms with Gasteiger partial charge in [0.25, 0.3) is 5.91 Å². The number of benzene rings is 1. The SMILES string of the molecule is Cc1cc(OCC(=O)O[C@@H](C)C(=O)NC2(C#N)CCCCC2)ccc1Cl. The summed E-state index contributed by atoms with van der Waals surface area (Å²) in [6.45, 7) is 2.99. The second-order valence-electron chi connectivity index (χ2n) is 6.58. The third-order valence-corrected chi connectivity index (χ3v) is 4.87. The van der Waals surface area contributed by atoms with E-state index in [1.54, 1.807) is 18.2 Å². The third-order valence-electron chi connectivity index (χ3n) is 4.45. The van der Waals surface area contributed by atoms with Gasteiger partial charge in [-0.15, -0.1) is 0 Å². The van der Waals surface area contributed by atoms with Crippen LogP contribution < -0.4 is 10.1 Å². The summed E-state index contributed by atoms with van der Waals surface area (Å²) in [5.74, 6) is -0.634. The zero-order chi connectivity index (χ0) is 19.2. The van der Waals surface area contributed by atoms with E-state index in [0.717, 1.165) is 24.8 Å². The molecular formula is C19H23ClN2O4. The highest BCUT2D eigenvalue weighted by atomic mass is 35.5. The molecule has 0 spiro atoms. The van der Waals surface area contributed by atoms with Gasteiger partial charge in [-0.2, -0.15) is 5.26 Å². The number of aryl methyl sites for hydroxylation is 1. The summed E-state index contributed by atoms with van der Waals surface area (Å²) in [4.78, 5) is 24.2. The fraction of sp³-hybridized carbons (Fsp3) is 0.526. The predicted molar refractivity (Wildman–Crippen MR) is 96.8 cm³/mol. The molecule has 0 aliphatic heterocycles. The first-order chi connectivity index (χ1) is 12.3. The van der Waals surface area contributed by atoms with Crippen LogP contribution in [0.5, 0.6) is 5.75 Å². The van der Waals surface area contributed by atoms with Crippen molar-refractivity contribution in [3.05, 3.63) is 28.8 Å². The Balaban J connectivity index is 1.82. The van der Waals surface area contributed by atoms with Gasteiger partial charge in [0.1, 0.15) is 11.3 Å². The third kappa shape index (κ3) is 5.37. The van der Waals surface area contributed by atoms with Crippen LogP contribution in [0.1, 0.15) is 44.6 Å². The Bertz CT molecular complexity index is 708. The Morgan fingerprint density at radius 3 is 2.65 bits per heavy atom. The molecule has 2 rings (SSSR count). The number of nitrogens with one attached hydrogen (secondary N) is 1. The molecular weight excluding hydrogens is 356 g/mol. The highest BCUT2D eigenvalue weighted by Gasteiger charge is 2.35. The van der Waals surface area contributed by atoms with E-state index < -0.39 is 23.5 Å². The summed E-state index contributed by atoms with van der Waals surface area (Å²) >= 11 is 5.94. The molecule has 1 aliphatic rings. The monoisotopic (exact) mass is 378 g/mol. The van der Waals surface area contributed by atoms with Crippen molar-refractivity contribution in [1.82, 2.24) is 5.32 Å². The number of rotatable bonds is 6. The van der Waals surface area contributed by atoms with Crippen LogP contribution in [0, 0.1) is 18.3 Å². The molecule has 1 aromatic rings. The van der Waals surface area contributed by atoms with Gasteiger partial charge in [-0.3, -0.25) is 4.79 Å². The summed E-state index contributed by atoms with van der Waals surface area (Å²) < 4.78 is 10.5. The minimum atomic E-state index is -0.995. The summed E-state index contributed by atoms with van der Waals surface area (Å²) in [5, 5.41) is 12.8. The van der Waals surface area contributed by atoms with E-state index in [1.807, 2.05) is 6.92 Å². The number of hydrogen-bond donors (Lipinski definition) is 1. The second-order valence-corrected chi connectivity index (χ2v) is 6.98. The second kappa shape index (κ2) is 8.91. The molecule has 140 valence electrons. The van der Waals surface area contributed by atoms with Gasteiger partial charge >= 0.3 is 5.97 Å². The molecule has 1 N–H and O–H groups in total. The summed E-state index contributed by atoms with van der Waals surface area (Å²) in [5.41, 5.74) is -0.0209. The van der Waals surface area contributed by atoms with Crippen LogP contribution in [0.15, 0.2) is 18.2 Å². The van der Waals surface area contributed by atoms with Crippen LogP contribution in [0.25, 0.3) is 0 Å². The minimum Gasteiger partial charge on any atom is -0.482 e. The van der Waals surface area contributed by atoms with E-state index in [0.29, 0.717) is 23.6 Å². The van der Waals surface area contributed by atoms with E-state index in [2.05, 4.69) is 11.4 Å². The maximum absolute atomic E-state index is 12.3. The smallest absolute Gasteiger partial charge is 0.344 e. The standard InChI is InChI=1S/C19H23ClN2O4/c1-13-10-15(6-7-16(13)20)25-11-17(23)26-14(2)18(24)22-19(12-21)8-4-3-5-9-19/h6-7,10,14H,3-5,8-9,11H2,1-2H3,(H,22,24)/t14-/m0/s1. The van der Waals surface area contributed by atoms with E-state index >= 15 is 0 Å². The Morgan fingerprint density at radius 1 is 1.35 bits per heavy atom. The van der Waals surface area contributed by atoms with Crippen LogP contribution in [0.4, 0.5) is 0 Å². The van der Waals surface area contributed by atoms with Gasteiger partial charge < -0.3 is 14.8 Å². The van der Waals surface area contributed by atoms with Crippen LogP contribution >= 0.6 is 11.6 Å². The molecule has 7 heteroatoms. The van der Waals surface area contributed by atoms with Gasteiger partial charge in [0.05, 0.1) is 6.07 Å². The van der Waals surface area contributed by atoms with E-state index in [1.165, 1.54) is 6.92 Å². The highest BCUT2D eigenvalue weighted by molar-refractivity contribution is 6.31. The van der Waals surface area contributed by atoms with E-state index in [9.17, 15) is 14.9 Å². The van der Waals surface area contributed by atoms with Gasteiger partial charge in [0, 0.05) is 5.02 Å². The topological polar surface area (TPSA) is 88.4 Å². The molecule has 0 saturated heterocycles. The molecule has 0 radical (unpaired) electrons. The maximum atomic E-state index is 12.3. The Hall–Kier alpha value is -2.26. The van der Waals surface area contributed by atoms with Gasteiger partial charge in [-0.1, -0.05) is 30.9 Å². The van der Waals surface area contributed by atoms with Gasteiger partial charge in [0.15, 0.2) is 12.7 Å². The van der Waals surface area contributed by atoms with Gasteiger partial charge in [0.2, 0.25) is 0 Å². The maximum Gasteiger partial charge on any atom is 0.344 e. The summed E-state index contributed by atoms with van der Waals surface area (Å²) in [6, 6.07) is 7.25. The molecule has 0 unspecified atom stereocenters. The van der Waals surface area contributed by atoms with Crippen molar-refractivity contribution in [2.45, 2.75) is 57.6 Å². The molecule has 1 fully saturated rings. The van der Waals surface area contributed by atoms with Crippen molar-refractivity contribution in [3.63, 3.8) is 0 Å². The summed E-state index contributed by atoms with van der Waals surface area (Å²) in [7, 11) is 0. The zero-order valence-electron chi connectivity index (χ0n) is 15.0. The number of ether oxygens (including phenoxy) is 2. The normalized spacial score (nSPS) is 16.8. The molecule has 1 amide bonds. The molecule has 26 heavy (non-hydrogen) atoms. The largest absolute Gasteiger partial charge is 0.482 e. The first-order valence-corrected chi connectivity index (χ1v) is 9.05. The predicted octanol–water partition coefficient (Wildman–Crippen LogP) is 3.30. The first kappa shape index (κ1) is 20.1. The number of carbonyl (C=O) groups is 2. The number of halogens is 1. The molecule has 6 nitrogen and oxygen atoms in total. The molecule has 1 saturated carbocycles. The molecule has 1 aromatic carbocycles. The highest BCUT2D eigenvalue weighted by Crippen LogP contribution is 2.27. The fourth-order valence-electron chi connectivity index (χ4n) is 2.89. The lowest BCUT2D eigenvalue weighted by atomic mass is 9.83. The lowest BCUT2D eigenvalue weighted by molar-refractivity contribution is -0.157. The van der Waals surface area contributed by atoms with E-state index in [-0.39, 0.29) is 6.61 Å². The number of nitriles is 1. The van der Waals surface area contributed by atoms with Gasteiger partial charge in [-0.25, -0.2) is 4.79 Å². The number of nitrogens with zero attached hydrogens (tertiary/aromatic N) is 1. The fourth-order valence-corrected chi connectivity index (χ4v) is 3.01. The molecule has 0 aromatic heterocycles. The number of amides is 1. The molecule has 0 heterocycles. The number of esters is 1. The molecule has 1 aliphatic carbocycles. The average molecular weight is 379 g/mol. The van der Waals surface area contributed by atoms with Gasteiger partial charge in [-0.05, 0) is 50.5 Å². The molecule has 0 bridgehead atoms. The first-order valence-electron chi connectivity index (χ1n) is 8.67. The quantitative estimate of drug-likeness (QED) is 0.767. The van der Waals surface area contributed by atoms with Crippen molar-refractivity contribution in [2.75, 3.05) is 6.61 Å². The van der Waals surface area contributed by atoms with Crippen LogP contribution in [-0.2, 0) is 14.3 Å². The zero-order valence-corrected chi connectivity index (χ0v) is 15.8. The van der Waals surface area contributed by atoms with E-state index in [4.69, 9.17) is 21.1 Å². The van der Waals surface area contributed by atoms with Crippen molar-refractivity contribution >= 4 is 23.5 Å². The van der Waals surface area contributed by atoms with Crippen LogP contribution in [0.3, 0.4) is 0 Å². The number of hydrogen-bond acceptors (Lipinski definition) is 5. The van der Waals surface area contributed by atoms with Crippen LogP contribution in [-0.4, -0.2) is 30.1 Å².